The third kappa shape index (κ3) is 5.64. The standard InChI is InChI=1S/C14H28N2O/c1-4-16(11-7-10-15(2)3)12-13-8-5-6-9-14(13)17/h13H,4-12H2,1-3H3. The van der Waals surface area contributed by atoms with E-state index in [2.05, 4.69) is 30.8 Å². The van der Waals surface area contributed by atoms with E-state index in [9.17, 15) is 4.79 Å². The molecule has 1 aliphatic rings. The molecule has 0 saturated heterocycles. The van der Waals surface area contributed by atoms with Crippen LogP contribution in [0, 0.1) is 5.92 Å². The van der Waals surface area contributed by atoms with Crippen LogP contribution in [-0.4, -0.2) is 55.9 Å². The molecule has 0 N–H and O–H groups in total. The fourth-order valence-electron chi connectivity index (χ4n) is 2.55. The Bertz CT molecular complexity index is 228. The van der Waals surface area contributed by atoms with E-state index in [0.717, 1.165) is 45.4 Å². The molecule has 0 amide bonds. The molecule has 3 nitrogen and oxygen atoms in total. The minimum atomic E-state index is 0.322. The third-order valence-corrected chi connectivity index (χ3v) is 3.69. The largest absolute Gasteiger partial charge is 0.309 e. The van der Waals surface area contributed by atoms with Gasteiger partial charge in [0.15, 0.2) is 0 Å². The Morgan fingerprint density at radius 1 is 1.24 bits per heavy atom. The minimum Gasteiger partial charge on any atom is -0.309 e. The van der Waals surface area contributed by atoms with Crippen molar-refractivity contribution in [1.82, 2.24) is 9.80 Å². The SMILES string of the molecule is CCN(CCCN(C)C)CC1CCCCC1=O. The lowest BCUT2D eigenvalue weighted by Gasteiger charge is -2.28. The van der Waals surface area contributed by atoms with Crippen molar-refractivity contribution in [3.8, 4) is 0 Å². The first-order valence-corrected chi connectivity index (χ1v) is 7.03. The van der Waals surface area contributed by atoms with Crippen molar-refractivity contribution < 1.29 is 4.79 Å². The molecule has 1 atom stereocenters. The lowest BCUT2D eigenvalue weighted by Crippen LogP contribution is -2.36. The van der Waals surface area contributed by atoms with Gasteiger partial charge in [0.2, 0.25) is 0 Å². The topological polar surface area (TPSA) is 23.6 Å². The summed E-state index contributed by atoms with van der Waals surface area (Å²) >= 11 is 0. The zero-order chi connectivity index (χ0) is 12.7. The summed E-state index contributed by atoms with van der Waals surface area (Å²) < 4.78 is 0. The lowest BCUT2D eigenvalue weighted by atomic mass is 9.87. The Balaban J connectivity index is 2.27. The Morgan fingerprint density at radius 3 is 2.59 bits per heavy atom. The summed E-state index contributed by atoms with van der Waals surface area (Å²) in [5.41, 5.74) is 0. The second-order valence-electron chi connectivity index (χ2n) is 5.46. The highest BCUT2D eigenvalue weighted by Gasteiger charge is 2.23. The molecule has 0 aromatic carbocycles. The van der Waals surface area contributed by atoms with E-state index in [4.69, 9.17) is 0 Å². The predicted octanol–water partition coefficient (Wildman–Crippen LogP) is 2.02. The van der Waals surface area contributed by atoms with Gasteiger partial charge in [-0.1, -0.05) is 13.3 Å². The van der Waals surface area contributed by atoms with E-state index in [1.807, 2.05) is 0 Å². The van der Waals surface area contributed by atoms with E-state index in [0.29, 0.717) is 11.7 Å². The molecule has 3 heteroatoms. The fraction of sp³-hybridized carbons (Fsp3) is 0.929. The molecule has 17 heavy (non-hydrogen) atoms. The molecule has 1 rings (SSSR count). The highest BCUT2D eigenvalue weighted by atomic mass is 16.1. The average molecular weight is 240 g/mol. The maximum atomic E-state index is 11.8. The quantitative estimate of drug-likeness (QED) is 0.680. The molecular weight excluding hydrogens is 212 g/mol. The first kappa shape index (κ1) is 14.7. The first-order valence-electron chi connectivity index (χ1n) is 7.03. The summed E-state index contributed by atoms with van der Waals surface area (Å²) in [5, 5.41) is 0. The van der Waals surface area contributed by atoms with Gasteiger partial charge in [-0.15, -0.1) is 0 Å². The molecule has 0 aromatic heterocycles. The van der Waals surface area contributed by atoms with Crippen LogP contribution in [0.3, 0.4) is 0 Å². The molecular formula is C14H28N2O. The summed E-state index contributed by atoms with van der Waals surface area (Å²) in [7, 11) is 4.22. The zero-order valence-electron chi connectivity index (χ0n) is 11.7. The van der Waals surface area contributed by atoms with Crippen molar-refractivity contribution in [3.05, 3.63) is 0 Å². The van der Waals surface area contributed by atoms with Crippen molar-refractivity contribution >= 4 is 5.78 Å². The molecule has 1 fully saturated rings. The number of nitrogens with zero attached hydrogens (tertiary/aromatic N) is 2. The smallest absolute Gasteiger partial charge is 0.137 e. The lowest BCUT2D eigenvalue weighted by molar-refractivity contribution is -0.125. The highest BCUT2D eigenvalue weighted by Crippen LogP contribution is 2.21. The fourth-order valence-corrected chi connectivity index (χ4v) is 2.55. The molecule has 0 aliphatic heterocycles. The van der Waals surface area contributed by atoms with Crippen LogP contribution in [0.25, 0.3) is 0 Å². The van der Waals surface area contributed by atoms with Crippen LogP contribution >= 0.6 is 0 Å². The van der Waals surface area contributed by atoms with Crippen LogP contribution in [-0.2, 0) is 4.79 Å². The zero-order valence-corrected chi connectivity index (χ0v) is 11.7. The van der Waals surface area contributed by atoms with Crippen LogP contribution in [0.4, 0.5) is 0 Å². The van der Waals surface area contributed by atoms with Crippen LogP contribution in [0.1, 0.15) is 39.0 Å². The Hall–Kier alpha value is -0.410. The number of rotatable bonds is 7. The van der Waals surface area contributed by atoms with Gasteiger partial charge in [0.05, 0.1) is 0 Å². The van der Waals surface area contributed by atoms with E-state index in [1.165, 1.54) is 12.8 Å². The highest BCUT2D eigenvalue weighted by molar-refractivity contribution is 5.81. The summed E-state index contributed by atoms with van der Waals surface area (Å²) in [6.45, 7) is 6.51. The van der Waals surface area contributed by atoms with Gasteiger partial charge in [-0.25, -0.2) is 0 Å². The second kappa shape index (κ2) is 7.83. The van der Waals surface area contributed by atoms with Gasteiger partial charge < -0.3 is 9.80 Å². The van der Waals surface area contributed by atoms with Crippen LogP contribution < -0.4 is 0 Å². The van der Waals surface area contributed by atoms with E-state index in [1.54, 1.807) is 0 Å². The molecule has 0 bridgehead atoms. The molecule has 1 aliphatic carbocycles. The number of hydrogen-bond donors (Lipinski definition) is 0. The van der Waals surface area contributed by atoms with Gasteiger partial charge in [0, 0.05) is 18.9 Å². The molecule has 0 spiro atoms. The molecule has 1 unspecified atom stereocenters. The van der Waals surface area contributed by atoms with Crippen molar-refractivity contribution in [2.45, 2.75) is 39.0 Å². The van der Waals surface area contributed by atoms with Gasteiger partial charge in [-0.3, -0.25) is 4.79 Å². The Kier molecular flexibility index (Phi) is 6.75. The van der Waals surface area contributed by atoms with Crippen LogP contribution in [0.2, 0.25) is 0 Å². The van der Waals surface area contributed by atoms with E-state index < -0.39 is 0 Å². The summed E-state index contributed by atoms with van der Waals surface area (Å²) in [4.78, 5) is 16.5. The molecule has 0 heterocycles. The van der Waals surface area contributed by atoms with E-state index >= 15 is 0 Å². The first-order chi connectivity index (χ1) is 8.13. The maximum absolute atomic E-state index is 11.8. The monoisotopic (exact) mass is 240 g/mol. The van der Waals surface area contributed by atoms with Gasteiger partial charge >= 0.3 is 0 Å². The normalized spacial score (nSPS) is 21.5. The van der Waals surface area contributed by atoms with Crippen molar-refractivity contribution in [1.29, 1.82) is 0 Å². The van der Waals surface area contributed by atoms with Crippen molar-refractivity contribution in [3.63, 3.8) is 0 Å². The van der Waals surface area contributed by atoms with Crippen LogP contribution in [0.15, 0.2) is 0 Å². The number of carbonyl (C=O) groups excluding carboxylic acids is 1. The summed E-state index contributed by atoms with van der Waals surface area (Å²) in [5.74, 6) is 0.824. The predicted molar refractivity (Wildman–Crippen MR) is 72.3 cm³/mol. The molecule has 0 aromatic rings. The minimum absolute atomic E-state index is 0.322. The number of hydrogen-bond acceptors (Lipinski definition) is 3. The molecule has 1 saturated carbocycles. The van der Waals surface area contributed by atoms with Gasteiger partial charge in [-0.05, 0) is 53.0 Å². The average Bonchev–Trinajstić information content (AvgIpc) is 2.30. The third-order valence-electron chi connectivity index (χ3n) is 3.69. The van der Waals surface area contributed by atoms with E-state index in [-0.39, 0.29) is 0 Å². The number of Topliss-reactive ketones (excluding diaryl/α,β-unsaturated/α-hetero) is 1. The Labute approximate surface area is 106 Å². The maximum Gasteiger partial charge on any atom is 0.137 e. The van der Waals surface area contributed by atoms with Crippen molar-refractivity contribution in [2.24, 2.45) is 5.92 Å². The second-order valence-corrected chi connectivity index (χ2v) is 5.46. The van der Waals surface area contributed by atoms with Gasteiger partial charge in [0.1, 0.15) is 5.78 Å². The summed E-state index contributed by atoms with van der Waals surface area (Å²) in [6.07, 6.45) is 5.48. The number of ketones is 1. The van der Waals surface area contributed by atoms with Crippen molar-refractivity contribution in [2.75, 3.05) is 40.3 Å². The van der Waals surface area contributed by atoms with Gasteiger partial charge in [-0.2, -0.15) is 0 Å². The van der Waals surface area contributed by atoms with Crippen LogP contribution in [0.5, 0.6) is 0 Å². The molecule has 100 valence electrons. The number of carbonyl (C=O) groups is 1. The summed E-state index contributed by atoms with van der Waals surface area (Å²) in [6, 6.07) is 0. The van der Waals surface area contributed by atoms with Gasteiger partial charge in [0.25, 0.3) is 0 Å². The molecule has 0 radical (unpaired) electrons. The Morgan fingerprint density at radius 2 is 2.00 bits per heavy atom.